The van der Waals surface area contributed by atoms with E-state index in [1.165, 1.54) is 0 Å². The number of unbranched alkanes of at least 4 members (excludes halogenated alkanes) is 2. The minimum absolute atomic E-state index is 0.00697. The Kier molecular flexibility index (Phi) is 10.7. The molecular formula is C15H31N7O2. The number of nitrogens with one attached hydrogen (secondary N) is 3. The molecule has 0 bridgehead atoms. The Bertz CT molecular complexity index is 414. The molecule has 0 spiro atoms. The molecule has 138 valence electrons. The van der Waals surface area contributed by atoms with Crippen molar-refractivity contribution in [3.63, 3.8) is 0 Å². The predicted molar refractivity (Wildman–Crippen MR) is 96.0 cm³/mol. The SMILES string of the molecule is CCCCN(CCCC)Nc1nc(NCCO)nc(NCCO)n1. The molecule has 0 aromatic carbocycles. The van der Waals surface area contributed by atoms with Crippen LogP contribution in [0.25, 0.3) is 0 Å². The van der Waals surface area contributed by atoms with E-state index >= 15 is 0 Å². The van der Waals surface area contributed by atoms with Gasteiger partial charge in [-0.25, -0.2) is 5.01 Å². The van der Waals surface area contributed by atoms with Crippen molar-refractivity contribution in [2.24, 2.45) is 0 Å². The zero-order valence-corrected chi connectivity index (χ0v) is 14.8. The maximum absolute atomic E-state index is 8.94. The summed E-state index contributed by atoms with van der Waals surface area (Å²) >= 11 is 0. The summed E-state index contributed by atoms with van der Waals surface area (Å²) in [6.07, 6.45) is 4.42. The van der Waals surface area contributed by atoms with Gasteiger partial charge in [-0.15, -0.1) is 0 Å². The number of hydrogen-bond donors (Lipinski definition) is 5. The molecule has 0 saturated carbocycles. The molecule has 1 heterocycles. The van der Waals surface area contributed by atoms with Gasteiger partial charge in [0.25, 0.3) is 0 Å². The van der Waals surface area contributed by atoms with E-state index in [2.05, 4.69) is 49.9 Å². The standard InChI is InChI=1S/C15H31N7O2/c1-3-5-9-22(10-6-4-2)21-15-19-13(16-7-11-23)18-14(20-15)17-8-12-24/h23-24H,3-12H2,1-2H3,(H3,16,17,18,19,20,21). The number of aliphatic hydroxyl groups excluding tert-OH is 2. The molecule has 0 radical (unpaired) electrons. The Balaban J connectivity index is 2.82. The molecule has 9 heteroatoms. The minimum atomic E-state index is -0.00697. The first-order valence-corrected chi connectivity index (χ1v) is 8.70. The van der Waals surface area contributed by atoms with Crippen molar-refractivity contribution in [2.45, 2.75) is 39.5 Å². The van der Waals surface area contributed by atoms with Gasteiger partial charge in [0.05, 0.1) is 13.2 Å². The molecule has 0 amide bonds. The largest absolute Gasteiger partial charge is 0.395 e. The van der Waals surface area contributed by atoms with Crippen LogP contribution in [0, 0.1) is 0 Å². The summed E-state index contributed by atoms with van der Waals surface area (Å²) in [6, 6.07) is 0. The second-order valence-corrected chi connectivity index (χ2v) is 5.41. The van der Waals surface area contributed by atoms with E-state index in [-0.39, 0.29) is 13.2 Å². The second-order valence-electron chi connectivity index (χ2n) is 5.41. The van der Waals surface area contributed by atoms with E-state index in [9.17, 15) is 0 Å². The van der Waals surface area contributed by atoms with Gasteiger partial charge in [0.2, 0.25) is 17.8 Å². The number of nitrogens with zero attached hydrogens (tertiary/aromatic N) is 4. The van der Waals surface area contributed by atoms with Crippen molar-refractivity contribution in [1.82, 2.24) is 20.0 Å². The van der Waals surface area contributed by atoms with Crippen LogP contribution in [0.3, 0.4) is 0 Å². The lowest BCUT2D eigenvalue weighted by Crippen LogP contribution is -2.33. The van der Waals surface area contributed by atoms with Gasteiger partial charge in [-0.1, -0.05) is 26.7 Å². The molecule has 24 heavy (non-hydrogen) atoms. The fourth-order valence-corrected chi connectivity index (χ4v) is 1.98. The first-order chi connectivity index (χ1) is 11.7. The van der Waals surface area contributed by atoms with Crippen LogP contribution in [0.4, 0.5) is 17.8 Å². The number of anilines is 3. The van der Waals surface area contributed by atoms with Gasteiger partial charge in [-0.2, -0.15) is 15.0 Å². The molecule has 0 aliphatic carbocycles. The van der Waals surface area contributed by atoms with Crippen LogP contribution in [-0.4, -0.2) is 69.6 Å². The summed E-state index contributed by atoms with van der Waals surface area (Å²) < 4.78 is 0. The zero-order chi connectivity index (χ0) is 17.6. The third-order valence-corrected chi connectivity index (χ3v) is 3.25. The van der Waals surface area contributed by atoms with Gasteiger partial charge >= 0.3 is 0 Å². The van der Waals surface area contributed by atoms with E-state index in [1.54, 1.807) is 0 Å². The van der Waals surface area contributed by atoms with Gasteiger partial charge in [0.15, 0.2) is 0 Å². The first-order valence-electron chi connectivity index (χ1n) is 8.70. The molecule has 9 nitrogen and oxygen atoms in total. The number of hydrazine groups is 1. The molecule has 0 saturated heterocycles. The summed E-state index contributed by atoms with van der Waals surface area (Å²) in [5.41, 5.74) is 3.25. The average Bonchev–Trinajstić information content (AvgIpc) is 2.60. The van der Waals surface area contributed by atoms with Gasteiger partial charge in [0, 0.05) is 26.2 Å². The second kappa shape index (κ2) is 12.7. The minimum Gasteiger partial charge on any atom is -0.395 e. The Morgan fingerprint density at radius 3 is 1.67 bits per heavy atom. The fourth-order valence-electron chi connectivity index (χ4n) is 1.98. The van der Waals surface area contributed by atoms with Crippen molar-refractivity contribution >= 4 is 17.8 Å². The highest BCUT2D eigenvalue weighted by Crippen LogP contribution is 2.11. The summed E-state index contributed by atoms with van der Waals surface area (Å²) in [5, 5.41) is 25.9. The predicted octanol–water partition coefficient (Wildman–Crippen LogP) is 0.909. The Morgan fingerprint density at radius 1 is 0.792 bits per heavy atom. The molecule has 0 fully saturated rings. The lowest BCUT2D eigenvalue weighted by atomic mass is 10.3. The Labute approximate surface area is 143 Å². The number of aliphatic hydroxyl groups is 2. The summed E-state index contributed by atoms with van der Waals surface area (Å²) in [7, 11) is 0. The van der Waals surface area contributed by atoms with Crippen LogP contribution in [-0.2, 0) is 0 Å². The monoisotopic (exact) mass is 341 g/mol. The molecular weight excluding hydrogens is 310 g/mol. The number of hydrogen-bond acceptors (Lipinski definition) is 9. The average molecular weight is 341 g/mol. The van der Waals surface area contributed by atoms with Crippen molar-refractivity contribution in [2.75, 3.05) is 55.5 Å². The highest BCUT2D eigenvalue weighted by Gasteiger charge is 2.10. The Hall–Kier alpha value is -1.71. The molecule has 0 atom stereocenters. The quantitative estimate of drug-likeness (QED) is 0.315. The van der Waals surface area contributed by atoms with E-state index in [4.69, 9.17) is 10.2 Å². The lowest BCUT2D eigenvalue weighted by Gasteiger charge is -2.23. The molecule has 1 rings (SSSR count). The Morgan fingerprint density at radius 2 is 1.25 bits per heavy atom. The number of aromatic nitrogens is 3. The molecule has 0 aliphatic heterocycles. The van der Waals surface area contributed by atoms with Crippen LogP contribution in [0.1, 0.15) is 39.5 Å². The number of rotatable bonds is 14. The van der Waals surface area contributed by atoms with E-state index in [1.807, 2.05) is 0 Å². The van der Waals surface area contributed by atoms with Gasteiger partial charge in [-0.3, -0.25) is 5.43 Å². The van der Waals surface area contributed by atoms with Crippen LogP contribution in [0.15, 0.2) is 0 Å². The first kappa shape index (κ1) is 20.3. The highest BCUT2D eigenvalue weighted by molar-refractivity contribution is 5.41. The topological polar surface area (TPSA) is 118 Å². The molecule has 1 aromatic rings. The van der Waals surface area contributed by atoms with Crippen molar-refractivity contribution < 1.29 is 10.2 Å². The summed E-state index contributed by atoms with van der Waals surface area (Å²) in [5.74, 6) is 1.21. The van der Waals surface area contributed by atoms with Crippen molar-refractivity contribution in [3.05, 3.63) is 0 Å². The van der Waals surface area contributed by atoms with Crippen LogP contribution in [0.2, 0.25) is 0 Å². The van der Waals surface area contributed by atoms with Crippen LogP contribution >= 0.6 is 0 Å². The summed E-state index contributed by atoms with van der Waals surface area (Å²) in [6.45, 7) is 6.86. The third kappa shape index (κ3) is 8.23. The molecule has 5 N–H and O–H groups in total. The van der Waals surface area contributed by atoms with Gasteiger partial charge < -0.3 is 20.8 Å². The van der Waals surface area contributed by atoms with Gasteiger partial charge in [-0.05, 0) is 12.8 Å². The third-order valence-electron chi connectivity index (χ3n) is 3.25. The zero-order valence-electron chi connectivity index (χ0n) is 14.8. The van der Waals surface area contributed by atoms with Crippen LogP contribution < -0.4 is 16.1 Å². The smallest absolute Gasteiger partial charge is 0.244 e. The lowest BCUT2D eigenvalue weighted by molar-refractivity contribution is 0.310. The maximum Gasteiger partial charge on any atom is 0.244 e. The molecule has 0 aliphatic rings. The van der Waals surface area contributed by atoms with E-state index in [0.717, 1.165) is 38.8 Å². The van der Waals surface area contributed by atoms with Gasteiger partial charge in [0.1, 0.15) is 0 Å². The van der Waals surface area contributed by atoms with Crippen molar-refractivity contribution in [3.8, 4) is 0 Å². The van der Waals surface area contributed by atoms with Crippen molar-refractivity contribution in [1.29, 1.82) is 0 Å². The summed E-state index contributed by atoms with van der Waals surface area (Å²) in [4.78, 5) is 12.9. The van der Waals surface area contributed by atoms with E-state index < -0.39 is 0 Å². The normalized spacial score (nSPS) is 10.9. The maximum atomic E-state index is 8.94. The molecule has 0 unspecified atom stereocenters. The molecule has 1 aromatic heterocycles. The highest BCUT2D eigenvalue weighted by atomic mass is 16.3. The van der Waals surface area contributed by atoms with Crippen LogP contribution in [0.5, 0.6) is 0 Å². The fraction of sp³-hybridized carbons (Fsp3) is 0.800. The van der Waals surface area contributed by atoms with E-state index in [0.29, 0.717) is 30.9 Å².